The first-order valence-electron chi connectivity index (χ1n) is 10.1. The number of benzene rings is 3. The summed E-state index contributed by atoms with van der Waals surface area (Å²) >= 11 is 19.2. The molecule has 34 heavy (non-hydrogen) atoms. The Hall–Kier alpha value is -2.64. The van der Waals surface area contributed by atoms with Crippen molar-refractivity contribution in [2.45, 2.75) is 13.2 Å². The van der Waals surface area contributed by atoms with Crippen LogP contribution < -0.4 is 9.47 Å². The fourth-order valence-electron chi connectivity index (χ4n) is 3.27. The first-order chi connectivity index (χ1) is 16.4. The van der Waals surface area contributed by atoms with Gasteiger partial charge in [-0.2, -0.15) is 0 Å². The molecule has 1 fully saturated rings. The van der Waals surface area contributed by atoms with Crippen molar-refractivity contribution in [1.82, 2.24) is 4.90 Å². The van der Waals surface area contributed by atoms with Crippen LogP contribution in [0.2, 0.25) is 15.1 Å². The van der Waals surface area contributed by atoms with Gasteiger partial charge in [-0.1, -0.05) is 59.1 Å². The largest absolute Gasteiger partial charge is 0.493 e. The van der Waals surface area contributed by atoms with Crippen molar-refractivity contribution in [3.05, 3.63) is 97.3 Å². The smallest absolute Gasteiger partial charge is 0.293 e. The predicted molar refractivity (Wildman–Crippen MR) is 137 cm³/mol. The third-order valence-corrected chi connectivity index (χ3v) is 6.91. The van der Waals surface area contributed by atoms with Gasteiger partial charge in [0.25, 0.3) is 11.1 Å². The van der Waals surface area contributed by atoms with Gasteiger partial charge in [-0.25, -0.2) is 0 Å². The molecule has 0 N–H and O–H groups in total. The fourth-order valence-corrected chi connectivity index (χ4v) is 4.75. The van der Waals surface area contributed by atoms with Crippen LogP contribution in [0.1, 0.15) is 16.7 Å². The maximum atomic E-state index is 13.0. The summed E-state index contributed by atoms with van der Waals surface area (Å²) in [4.78, 5) is 26.9. The molecular formula is C25H18Cl3NO4S. The normalized spacial score (nSPS) is 14.7. The molecule has 174 valence electrons. The van der Waals surface area contributed by atoms with Crippen LogP contribution in [0.5, 0.6) is 11.5 Å². The van der Waals surface area contributed by atoms with Crippen LogP contribution in [0.3, 0.4) is 0 Å². The van der Waals surface area contributed by atoms with Crippen LogP contribution in [0.15, 0.2) is 65.6 Å². The van der Waals surface area contributed by atoms with Gasteiger partial charge in [-0.15, -0.1) is 0 Å². The number of carbonyl (C=O) groups excluding carboxylic acids is 2. The topological polar surface area (TPSA) is 55.8 Å². The average Bonchev–Trinajstić information content (AvgIpc) is 3.08. The van der Waals surface area contributed by atoms with E-state index in [1.807, 2.05) is 12.1 Å². The highest BCUT2D eigenvalue weighted by molar-refractivity contribution is 8.18. The molecule has 1 aliphatic heterocycles. The molecule has 0 radical (unpaired) electrons. The molecule has 0 unspecified atom stereocenters. The molecule has 9 heteroatoms. The van der Waals surface area contributed by atoms with Gasteiger partial charge < -0.3 is 9.47 Å². The number of halogens is 3. The molecule has 0 spiro atoms. The van der Waals surface area contributed by atoms with Crippen molar-refractivity contribution in [2.24, 2.45) is 0 Å². The Morgan fingerprint density at radius 3 is 2.32 bits per heavy atom. The van der Waals surface area contributed by atoms with E-state index >= 15 is 0 Å². The molecule has 5 nitrogen and oxygen atoms in total. The SMILES string of the molecule is COc1ccc(/C=C2\SC(=O)N(Cc3c(Cl)cccc3Cl)C2=O)cc1OCc1ccc(Cl)cc1. The molecule has 0 saturated carbocycles. The number of hydrogen-bond donors (Lipinski definition) is 0. The van der Waals surface area contributed by atoms with Gasteiger partial charge in [0.1, 0.15) is 6.61 Å². The summed E-state index contributed by atoms with van der Waals surface area (Å²) in [6.07, 6.45) is 1.65. The van der Waals surface area contributed by atoms with Gasteiger partial charge in [0.15, 0.2) is 11.5 Å². The van der Waals surface area contributed by atoms with Crippen molar-refractivity contribution in [2.75, 3.05) is 7.11 Å². The molecule has 1 heterocycles. The summed E-state index contributed by atoms with van der Waals surface area (Å²) in [7, 11) is 1.55. The third kappa shape index (κ3) is 5.53. The minimum Gasteiger partial charge on any atom is -0.493 e. The highest BCUT2D eigenvalue weighted by atomic mass is 35.5. The maximum Gasteiger partial charge on any atom is 0.293 e. The fraction of sp³-hybridized carbons (Fsp3) is 0.120. The first-order valence-corrected chi connectivity index (χ1v) is 12.0. The number of thioether (sulfide) groups is 1. The summed E-state index contributed by atoms with van der Waals surface area (Å²) in [5.41, 5.74) is 2.15. The number of methoxy groups -OCH3 is 1. The zero-order valence-corrected chi connectivity index (χ0v) is 21.0. The lowest BCUT2D eigenvalue weighted by atomic mass is 10.1. The second kappa shape index (κ2) is 10.7. The highest BCUT2D eigenvalue weighted by Crippen LogP contribution is 2.37. The van der Waals surface area contributed by atoms with Crippen LogP contribution in [0.4, 0.5) is 4.79 Å². The van der Waals surface area contributed by atoms with Crippen LogP contribution in [0, 0.1) is 0 Å². The Kier molecular flexibility index (Phi) is 7.73. The number of carbonyl (C=O) groups is 2. The van der Waals surface area contributed by atoms with Gasteiger partial charge in [0, 0.05) is 20.6 Å². The molecule has 1 saturated heterocycles. The molecule has 0 atom stereocenters. The molecule has 2 amide bonds. The van der Waals surface area contributed by atoms with Gasteiger partial charge in [-0.05, 0) is 65.4 Å². The lowest BCUT2D eigenvalue weighted by Gasteiger charge is -2.14. The van der Waals surface area contributed by atoms with Crippen LogP contribution in [-0.4, -0.2) is 23.2 Å². The third-order valence-electron chi connectivity index (χ3n) is 5.04. The van der Waals surface area contributed by atoms with E-state index in [2.05, 4.69) is 0 Å². The standard InChI is InChI=1S/C25H18Cl3NO4S/c1-32-21-10-7-16(11-22(21)33-14-15-5-8-17(26)9-6-15)12-23-24(30)29(25(31)34-23)13-18-19(27)3-2-4-20(18)28/h2-12H,13-14H2,1H3/b23-12-. The number of imide groups is 1. The zero-order chi connectivity index (χ0) is 24.2. The predicted octanol–water partition coefficient (Wildman–Crippen LogP) is 7.47. The Morgan fingerprint density at radius 1 is 0.941 bits per heavy atom. The molecule has 0 aromatic heterocycles. The van der Waals surface area contributed by atoms with E-state index in [1.165, 1.54) is 0 Å². The van der Waals surface area contributed by atoms with Crippen LogP contribution in [0.25, 0.3) is 6.08 Å². The Balaban J connectivity index is 1.54. The van der Waals surface area contributed by atoms with Gasteiger partial charge in [0.2, 0.25) is 0 Å². The lowest BCUT2D eigenvalue weighted by Crippen LogP contribution is -2.27. The molecule has 1 aliphatic rings. The van der Waals surface area contributed by atoms with Crippen molar-refractivity contribution in [3.8, 4) is 11.5 Å². The van der Waals surface area contributed by atoms with E-state index in [9.17, 15) is 9.59 Å². The summed E-state index contributed by atoms with van der Waals surface area (Å²) in [6.45, 7) is 0.310. The van der Waals surface area contributed by atoms with E-state index in [-0.39, 0.29) is 11.8 Å². The zero-order valence-electron chi connectivity index (χ0n) is 17.9. The highest BCUT2D eigenvalue weighted by Gasteiger charge is 2.35. The molecular weight excluding hydrogens is 517 g/mol. The monoisotopic (exact) mass is 533 g/mol. The quantitative estimate of drug-likeness (QED) is 0.294. The Bertz CT molecular complexity index is 1260. The second-order valence-electron chi connectivity index (χ2n) is 7.29. The molecule has 4 rings (SSSR count). The number of ether oxygens (including phenoxy) is 2. The van der Waals surface area contributed by atoms with E-state index in [0.717, 1.165) is 22.2 Å². The van der Waals surface area contributed by atoms with E-state index < -0.39 is 5.91 Å². The van der Waals surface area contributed by atoms with E-state index in [0.29, 0.717) is 49.2 Å². The summed E-state index contributed by atoms with van der Waals surface area (Å²) < 4.78 is 11.3. The number of nitrogens with zero attached hydrogens (tertiary/aromatic N) is 1. The molecule has 0 aliphatic carbocycles. The lowest BCUT2D eigenvalue weighted by molar-refractivity contribution is -0.123. The molecule has 0 bridgehead atoms. The van der Waals surface area contributed by atoms with Gasteiger partial charge in [-0.3, -0.25) is 14.5 Å². The molecule has 3 aromatic carbocycles. The number of rotatable bonds is 7. The Labute approximate surface area is 216 Å². The summed E-state index contributed by atoms with van der Waals surface area (Å²) in [5.74, 6) is 0.645. The first kappa shape index (κ1) is 24.5. The van der Waals surface area contributed by atoms with E-state index in [4.69, 9.17) is 44.3 Å². The van der Waals surface area contributed by atoms with Crippen molar-refractivity contribution >= 4 is 63.8 Å². The number of amides is 2. The van der Waals surface area contributed by atoms with Gasteiger partial charge >= 0.3 is 0 Å². The summed E-state index contributed by atoms with van der Waals surface area (Å²) in [5, 5.41) is 1.05. The van der Waals surface area contributed by atoms with Crippen molar-refractivity contribution < 1.29 is 19.1 Å². The minimum absolute atomic E-state index is 0.00141. The number of hydrogen-bond acceptors (Lipinski definition) is 5. The second-order valence-corrected chi connectivity index (χ2v) is 9.54. The Morgan fingerprint density at radius 2 is 1.65 bits per heavy atom. The van der Waals surface area contributed by atoms with Crippen LogP contribution in [-0.2, 0) is 17.9 Å². The van der Waals surface area contributed by atoms with E-state index in [1.54, 1.807) is 61.7 Å². The van der Waals surface area contributed by atoms with Crippen LogP contribution >= 0.6 is 46.6 Å². The summed E-state index contributed by atoms with van der Waals surface area (Å²) in [6, 6.07) is 17.7. The average molecular weight is 535 g/mol. The van der Waals surface area contributed by atoms with Gasteiger partial charge in [0.05, 0.1) is 18.6 Å². The van der Waals surface area contributed by atoms with Crippen molar-refractivity contribution in [3.63, 3.8) is 0 Å². The molecule has 3 aromatic rings. The van der Waals surface area contributed by atoms with Crippen molar-refractivity contribution in [1.29, 1.82) is 0 Å². The minimum atomic E-state index is -0.412. The maximum absolute atomic E-state index is 13.0.